The van der Waals surface area contributed by atoms with Gasteiger partial charge in [-0.05, 0) is 37.4 Å². The lowest BCUT2D eigenvalue weighted by Gasteiger charge is -2.64. The number of nitrogens with zero attached hydrogens (tertiary/aromatic N) is 1. The van der Waals surface area contributed by atoms with Gasteiger partial charge >= 0.3 is 0 Å². The van der Waals surface area contributed by atoms with E-state index in [1.54, 1.807) is 14.2 Å². The van der Waals surface area contributed by atoms with Crippen molar-refractivity contribution in [1.82, 2.24) is 4.90 Å². The predicted molar refractivity (Wildman–Crippen MR) is 104 cm³/mol. The number of likely N-dealkylation sites (tertiary alicyclic amines) is 1. The Kier molecular flexibility index (Phi) is 4.55. The molecule has 1 aromatic carbocycles. The number of methoxy groups -OCH3 is 3. The van der Waals surface area contributed by atoms with Crippen molar-refractivity contribution >= 4 is 5.78 Å². The summed E-state index contributed by atoms with van der Waals surface area (Å²) in [4.78, 5) is 15.2. The molecule has 0 amide bonds. The molecule has 1 heterocycles. The Labute approximate surface area is 161 Å². The van der Waals surface area contributed by atoms with Gasteiger partial charge in [0.25, 0.3) is 0 Å². The highest BCUT2D eigenvalue weighted by atomic mass is 16.5. The van der Waals surface area contributed by atoms with Crippen LogP contribution in [-0.2, 0) is 21.4 Å². The number of hydrogen-bond donors (Lipinski definition) is 0. The lowest BCUT2D eigenvalue weighted by Crippen LogP contribution is -2.74. The van der Waals surface area contributed by atoms with E-state index in [1.807, 2.05) is 19.3 Å². The molecule has 0 aromatic heterocycles. The summed E-state index contributed by atoms with van der Waals surface area (Å²) in [6, 6.07) is 4.35. The minimum absolute atomic E-state index is 0.230. The fourth-order valence-electron chi connectivity index (χ4n) is 6.12. The highest BCUT2D eigenvalue weighted by Gasteiger charge is 2.66. The molecule has 4 rings (SSSR count). The summed E-state index contributed by atoms with van der Waals surface area (Å²) in [6.07, 6.45) is 5.56. The highest BCUT2D eigenvalue weighted by molar-refractivity contribution is 5.83. The number of benzene rings is 1. The van der Waals surface area contributed by atoms with Gasteiger partial charge in [0.15, 0.2) is 11.5 Å². The molecule has 1 aliphatic heterocycles. The molecule has 1 saturated heterocycles. The normalized spacial score (nSPS) is 32.4. The molecule has 3 atom stereocenters. The Bertz CT molecular complexity index is 776. The molecule has 0 N–H and O–H groups in total. The van der Waals surface area contributed by atoms with E-state index in [9.17, 15) is 4.79 Å². The molecule has 0 radical (unpaired) electrons. The molecule has 2 bridgehead atoms. The first-order valence-electron chi connectivity index (χ1n) is 9.73. The summed E-state index contributed by atoms with van der Waals surface area (Å²) in [5.74, 6) is 1.80. The second-order valence-corrected chi connectivity index (χ2v) is 7.98. The fraction of sp³-hybridized carbons (Fsp3) is 0.591. The van der Waals surface area contributed by atoms with E-state index in [-0.39, 0.29) is 11.5 Å². The maximum absolute atomic E-state index is 12.7. The number of rotatable bonds is 5. The van der Waals surface area contributed by atoms with Crippen LogP contribution in [0.25, 0.3) is 0 Å². The maximum Gasteiger partial charge on any atom is 0.164 e. The van der Waals surface area contributed by atoms with Gasteiger partial charge in [0.1, 0.15) is 5.78 Å². The van der Waals surface area contributed by atoms with Gasteiger partial charge < -0.3 is 14.2 Å². The van der Waals surface area contributed by atoms with Crippen molar-refractivity contribution in [2.75, 3.05) is 34.4 Å². The standard InChI is InChI=1S/C22H29NO4/c1-5-11-23-12-10-21-14-16(24)8-9-22(21,27-4)18(23)13-15-6-7-17(25-2)20(26-3)19(15)21/h5-7,18H,1,8-14H2,2-4H3/t18-,21-,22-/m1/s1. The Hall–Kier alpha value is -1.85. The molecular formula is C22H29NO4. The fourth-order valence-corrected chi connectivity index (χ4v) is 6.12. The minimum atomic E-state index is -0.394. The monoisotopic (exact) mass is 371 g/mol. The molecule has 27 heavy (non-hydrogen) atoms. The van der Waals surface area contributed by atoms with Crippen molar-refractivity contribution in [3.8, 4) is 11.5 Å². The molecular weight excluding hydrogens is 342 g/mol. The Morgan fingerprint density at radius 3 is 2.74 bits per heavy atom. The number of piperidine rings is 1. The summed E-state index contributed by atoms with van der Waals surface area (Å²) in [7, 11) is 5.16. The Balaban J connectivity index is 2.00. The lowest BCUT2D eigenvalue weighted by molar-refractivity contribution is -0.186. The van der Waals surface area contributed by atoms with E-state index >= 15 is 0 Å². The van der Waals surface area contributed by atoms with E-state index in [0.29, 0.717) is 18.6 Å². The van der Waals surface area contributed by atoms with Gasteiger partial charge in [0.05, 0.1) is 19.8 Å². The molecule has 2 aliphatic carbocycles. The van der Waals surface area contributed by atoms with Gasteiger partial charge in [-0.25, -0.2) is 0 Å². The first-order chi connectivity index (χ1) is 13.1. The smallest absolute Gasteiger partial charge is 0.164 e. The van der Waals surface area contributed by atoms with Crippen molar-refractivity contribution in [2.24, 2.45) is 0 Å². The molecule has 0 unspecified atom stereocenters. The number of hydrogen-bond acceptors (Lipinski definition) is 5. The van der Waals surface area contributed by atoms with Crippen LogP contribution in [0.15, 0.2) is 24.8 Å². The van der Waals surface area contributed by atoms with Gasteiger partial charge in [-0.15, -0.1) is 6.58 Å². The second-order valence-electron chi connectivity index (χ2n) is 7.98. The van der Waals surface area contributed by atoms with Gasteiger partial charge in [-0.2, -0.15) is 0 Å². The summed E-state index contributed by atoms with van der Waals surface area (Å²) in [6.45, 7) is 5.71. The number of Topliss-reactive ketones (excluding diaryl/α,β-unsaturated/α-hetero) is 1. The van der Waals surface area contributed by atoms with Crippen LogP contribution in [-0.4, -0.2) is 56.7 Å². The zero-order valence-corrected chi connectivity index (χ0v) is 16.5. The molecule has 5 heteroatoms. The zero-order valence-electron chi connectivity index (χ0n) is 16.5. The summed E-state index contributed by atoms with van der Waals surface area (Å²) in [5, 5.41) is 0. The van der Waals surface area contributed by atoms with E-state index in [0.717, 1.165) is 49.4 Å². The quantitative estimate of drug-likeness (QED) is 0.745. The Morgan fingerprint density at radius 1 is 1.26 bits per heavy atom. The van der Waals surface area contributed by atoms with Crippen LogP contribution in [0, 0.1) is 0 Å². The third kappa shape index (κ3) is 2.34. The Morgan fingerprint density at radius 2 is 2.07 bits per heavy atom. The van der Waals surface area contributed by atoms with Gasteiger partial charge in [0.2, 0.25) is 0 Å². The maximum atomic E-state index is 12.7. The van der Waals surface area contributed by atoms with Gasteiger partial charge in [0, 0.05) is 43.5 Å². The number of ketones is 1. The van der Waals surface area contributed by atoms with E-state index in [1.165, 1.54) is 5.56 Å². The van der Waals surface area contributed by atoms with Crippen LogP contribution in [0.1, 0.15) is 36.8 Å². The number of carbonyl (C=O) groups is 1. The van der Waals surface area contributed by atoms with Crippen molar-refractivity contribution in [1.29, 1.82) is 0 Å². The third-order valence-corrected chi connectivity index (χ3v) is 7.14. The average molecular weight is 371 g/mol. The van der Waals surface area contributed by atoms with E-state index in [4.69, 9.17) is 14.2 Å². The van der Waals surface area contributed by atoms with Crippen LogP contribution < -0.4 is 9.47 Å². The molecule has 1 aromatic rings. The van der Waals surface area contributed by atoms with Crippen molar-refractivity contribution in [3.63, 3.8) is 0 Å². The summed E-state index contributed by atoms with van der Waals surface area (Å²) in [5.41, 5.74) is 1.62. The highest BCUT2D eigenvalue weighted by Crippen LogP contribution is 2.61. The van der Waals surface area contributed by atoms with E-state index in [2.05, 4.69) is 17.5 Å². The average Bonchev–Trinajstić information content (AvgIpc) is 2.68. The topological polar surface area (TPSA) is 48.0 Å². The first kappa shape index (κ1) is 18.5. The molecule has 2 fully saturated rings. The van der Waals surface area contributed by atoms with Crippen LogP contribution in [0.2, 0.25) is 0 Å². The number of carbonyl (C=O) groups excluding carboxylic acids is 1. The number of fused-ring (bicyclic) bond motifs is 1. The van der Waals surface area contributed by atoms with Crippen molar-refractivity contribution in [2.45, 2.75) is 49.2 Å². The second kappa shape index (κ2) is 6.64. The molecule has 1 saturated carbocycles. The van der Waals surface area contributed by atoms with E-state index < -0.39 is 5.60 Å². The summed E-state index contributed by atoms with van der Waals surface area (Å²) < 4.78 is 17.8. The summed E-state index contributed by atoms with van der Waals surface area (Å²) >= 11 is 0. The van der Waals surface area contributed by atoms with Gasteiger partial charge in [-0.3, -0.25) is 9.69 Å². The lowest BCUT2D eigenvalue weighted by atomic mass is 9.49. The predicted octanol–water partition coefficient (Wildman–Crippen LogP) is 2.90. The molecule has 5 nitrogen and oxygen atoms in total. The first-order valence-corrected chi connectivity index (χ1v) is 9.73. The van der Waals surface area contributed by atoms with Crippen LogP contribution in [0.5, 0.6) is 11.5 Å². The van der Waals surface area contributed by atoms with Crippen LogP contribution in [0.3, 0.4) is 0 Å². The van der Waals surface area contributed by atoms with Crippen molar-refractivity contribution in [3.05, 3.63) is 35.9 Å². The largest absolute Gasteiger partial charge is 0.493 e. The van der Waals surface area contributed by atoms with Crippen molar-refractivity contribution < 1.29 is 19.0 Å². The van der Waals surface area contributed by atoms with Gasteiger partial charge in [-0.1, -0.05) is 12.1 Å². The zero-order chi connectivity index (χ0) is 19.2. The third-order valence-electron chi connectivity index (χ3n) is 7.14. The number of ether oxygens (including phenoxy) is 3. The van der Waals surface area contributed by atoms with Crippen LogP contribution in [0.4, 0.5) is 0 Å². The SMILES string of the molecule is C=CCN1CC[C@]23CC(=O)CC[C@@]2(OC)[C@H]1Cc1ccc(OC)c(OC)c13. The molecule has 146 valence electrons. The minimum Gasteiger partial charge on any atom is -0.493 e. The van der Waals surface area contributed by atoms with Crippen LogP contribution >= 0.6 is 0 Å². The molecule has 3 aliphatic rings. The molecule has 0 spiro atoms.